The van der Waals surface area contributed by atoms with Crippen molar-refractivity contribution in [1.82, 2.24) is 15.3 Å². The molecule has 0 aliphatic carbocycles. The van der Waals surface area contributed by atoms with Crippen molar-refractivity contribution in [3.05, 3.63) is 47.2 Å². The molecule has 6 N–H and O–H groups in total. The molecule has 0 bridgehead atoms. The highest BCUT2D eigenvalue weighted by Gasteiger charge is 2.26. The number of nitrogens with two attached hydrogens (primary N) is 2. The summed E-state index contributed by atoms with van der Waals surface area (Å²) >= 11 is 0. The second-order valence-corrected chi connectivity index (χ2v) is 7.05. The molecule has 26 heavy (non-hydrogen) atoms. The van der Waals surface area contributed by atoms with E-state index >= 15 is 0 Å². The fraction of sp³-hybridized carbons (Fsp3) is 0.421. The Morgan fingerprint density at radius 3 is 2.54 bits per heavy atom. The van der Waals surface area contributed by atoms with Gasteiger partial charge in [0.25, 0.3) is 5.91 Å². The molecule has 1 amide bonds. The van der Waals surface area contributed by atoms with E-state index in [0.717, 1.165) is 62.4 Å². The van der Waals surface area contributed by atoms with Gasteiger partial charge in [-0.15, -0.1) is 0 Å². The minimum atomic E-state index is -0.379. The van der Waals surface area contributed by atoms with E-state index < -0.39 is 0 Å². The highest BCUT2D eigenvalue weighted by molar-refractivity contribution is 5.94. The number of hydrazine groups is 1. The number of carbonyl (C=O) groups is 1. The molecule has 7 heteroatoms. The number of hydrogen-bond acceptors (Lipinski definition) is 5. The third-order valence-electron chi connectivity index (χ3n) is 5.34. The van der Waals surface area contributed by atoms with Crippen LogP contribution in [0, 0.1) is 0 Å². The van der Waals surface area contributed by atoms with Crippen molar-refractivity contribution in [1.29, 1.82) is 0 Å². The molecular weight excluding hydrogens is 328 g/mol. The molecule has 1 fully saturated rings. The highest BCUT2D eigenvalue weighted by Crippen LogP contribution is 2.34. The van der Waals surface area contributed by atoms with Gasteiger partial charge in [-0.05, 0) is 55.0 Å². The first kappa shape index (κ1) is 17.1. The van der Waals surface area contributed by atoms with Crippen molar-refractivity contribution in [2.75, 3.05) is 24.5 Å². The molecule has 7 nitrogen and oxygen atoms in total. The van der Waals surface area contributed by atoms with Gasteiger partial charge in [-0.2, -0.15) is 0 Å². The Morgan fingerprint density at radius 1 is 1.12 bits per heavy atom. The van der Waals surface area contributed by atoms with Gasteiger partial charge in [-0.1, -0.05) is 12.1 Å². The first-order chi connectivity index (χ1) is 12.7. The largest absolute Gasteiger partial charge is 0.337 e. The van der Waals surface area contributed by atoms with Gasteiger partial charge in [0, 0.05) is 25.3 Å². The molecule has 1 aromatic carbocycles. The zero-order chi connectivity index (χ0) is 18.1. The number of hydrogen-bond donors (Lipinski definition) is 4. The number of fused-ring (bicyclic) bond motifs is 1. The van der Waals surface area contributed by atoms with Gasteiger partial charge in [-0.25, -0.2) is 5.43 Å². The van der Waals surface area contributed by atoms with E-state index in [4.69, 9.17) is 11.6 Å². The van der Waals surface area contributed by atoms with Gasteiger partial charge in [0.05, 0.1) is 6.17 Å². The van der Waals surface area contributed by atoms with Crippen LogP contribution < -0.4 is 21.9 Å². The molecule has 1 saturated heterocycles. The number of nitrogens with zero attached hydrogens (tertiary/aromatic N) is 2. The van der Waals surface area contributed by atoms with Gasteiger partial charge in [0.1, 0.15) is 11.5 Å². The third-order valence-corrected chi connectivity index (χ3v) is 5.34. The quantitative estimate of drug-likeness (QED) is 0.380. The number of aromatic amines is 1. The summed E-state index contributed by atoms with van der Waals surface area (Å²) in [5.41, 5.74) is 12.4. The summed E-state index contributed by atoms with van der Waals surface area (Å²) in [6.07, 6.45) is 3.88. The van der Waals surface area contributed by atoms with Crippen molar-refractivity contribution < 1.29 is 4.79 Å². The van der Waals surface area contributed by atoms with Crippen LogP contribution in [0.4, 0.5) is 11.5 Å². The minimum Gasteiger partial charge on any atom is -0.337 e. The van der Waals surface area contributed by atoms with E-state index in [1.165, 1.54) is 5.56 Å². The smallest absolute Gasteiger partial charge is 0.270 e. The summed E-state index contributed by atoms with van der Waals surface area (Å²) in [5.74, 6) is 6.56. The van der Waals surface area contributed by atoms with E-state index in [1.54, 1.807) is 0 Å². The monoisotopic (exact) mass is 354 g/mol. The average molecular weight is 354 g/mol. The zero-order valence-corrected chi connectivity index (χ0v) is 14.9. The lowest BCUT2D eigenvalue weighted by molar-refractivity contribution is 0.0788. The molecule has 1 atom stereocenters. The number of likely N-dealkylation sites (tertiary alicyclic amines) is 1. The number of aryl methyl sites for hydroxylation is 1. The fourth-order valence-electron chi connectivity index (χ4n) is 3.88. The zero-order valence-electron chi connectivity index (χ0n) is 14.9. The second kappa shape index (κ2) is 7.11. The van der Waals surface area contributed by atoms with Crippen molar-refractivity contribution in [3.63, 3.8) is 0 Å². The topological polar surface area (TPSA) is 103 Å². The van der Waals surface area contributed by atoms with Crippen LogP contribution in [0.1, 0.15) is 47.0 Å². The maximum absolute atomic E-state index is 12.7. The van der Waals surface area contributed by atoms with E-state index in [9.17, 15) is 4.79 Å². The van der Waals surface area contributed by atoms with E-state index in [1.807, 2.05) is 35.2 Å². The molecule has 2 aliphatic heterocycles. The Morgan fingerprint density at radius 2 is 1.85 bits per heavy atom. The van der Waals surface area contributed by atoms with Crippen LogP contribution in [0.3, 0.4) is 0 Å². The van der Waals surface area contributed by atoms with Crippen molar-refractivity contribution >= 4 is 17.4 Å². The molecule has 138 valence electrons. The molecule has 3 heterocycles. The van der Waals surface area contributed by atoms with E-state index in [-0.39, 0.29) is 12.1 Å². The number of amides is 1. The van der Waals surface area contributed by atoms with Crippen LogP contribution in [-0.4, -0.2) is 35.4 Å². The van der Waals surface area contributed by atoms with Crippen LogP contribution in [0.25, 0.3) is 0 Å². The van der Waals surface area contributed by atoms with Crippen LogP contribution in [-0.2, 0) is 6.42 Å². The number of carbonyl (C=O) groups excluding carboxylic acids is 1. The molecule has 2 aromatic rings. The predicted octanol–water partition coefficient (Wildman–Crippen LogP) is 1.76. The minimum absolute atomic E-state index is 0.118. The number of rotatable bonds is 4. The Labute approximate surface area is 153 Å². The molecule has 1 unspecified atom stereocenters. The highest BCUT2D eigenvalue weighted by atomic mass is 16.2. The predicted molar refractivity (Wildman–Crippen MR) is 102 cm³/mol. The molecular formula is C19H26N6O. The van der Waals surface area contributed by atoms with Gasteiger partial charge in [-0.3, -0.25) is 10.6 Å². The van der Waals surface area contributed by atoms with Gasteiger partial charge < -0.3 is 20.5 Å². The Balaban J connectivity index is 1.60. The normalized spacial score (nSPS) is 18.1. The fourth-order valence-corrected chi connectivity index (χ4v) is 3.88. The van der Waals surface area contributed by atoms with Gasteiger partial charge >= 0.3 is 0 Å². The third kappa shape index (κ3) is 3.09. The number of H-pyrrole nitrogens is 1. The first-order valence-electron chi connectivity index (χ1n) is 9.28. The molecule has 4 rings (SSSR count). The molecule has 0 spiro atoms. The Bertz CT molecular complexity index is 778. The summed E-state index contributed by atoms with van der Waals surface area (Å²) in [6, 6.07) is 10.1. The summed E-state index contributed by atoms with van der Waals surface area (Å²) in [5, 5.41) is 0. The maximum Gasteiger partial charge on any atom is 0.270 e. The van der Waals surface area contributed by atoms with E-state index in [0.29, 0.717) is 5.69 Å². The maximum atomic E-state index is 12.7. The summed E-state index contributed by atoms with van der Waals surface area (Å²) in [6.45, 7) is 2.65. The number of aromatic nitrogens is 1. The van der Waals surface area contributed by atoms with Crippen LogP contribution in [0.2, 0.25) is 0 Å². The van der Waals surface area contributed by atoms with Crippen molar-refractivity contribution in [3.8, 4) is 0 Å². The Kier molecular flexibility index (Phi) is 4.67. The lowest BCUT2D eigenvalue weighted by atomic mass is 10.1. The first-order valence-corrected chi connectivity index (χ1v) is 9.28. The van der Waals surface area contributed by atoms with Gasteiger partial charge in [0.15, 0.2) is 0 Å². The molecule has 0 radical (unpaired) electrons. The summed E-state index contributed by atoms with van der Waals surface area (Å²) < 4.78 is 0. The standard InChI is InChI=1S/C19H26N6O/c20-17(23-21)13-5-7-15(8-6-13)25-11-3-4-14-12-16(22-18(14)25)19(26)24-9-1-2-10-24/h5-8,12,17,22-23H,1-4,9-11,20-21H2. The SMILES string of the molecule is NNC(N)c1ccc(N2CCCc3cc(C(=O)N4CCCC4)[nH]c32)cc1. The molecule has 2 aliphatic rings. The molecule has 0 saturated carbocycles. The number of anilines is 2. The second-order valence-electron chi connectivity index (χ2n) is 7.05. The van der Waals surface area contributed by atoms with Crippen molar-refractivity contribution in [2.45, 2.75) is 31.8 Å². The summed E-state index contributed by atoms with van der Waals surface area (Å²) in [4.78, 5) is 20.3. The van der Waals surface area contributed by atoms with Crippen LogP contribution in [0.15, 0.2) is 30.3 Å². The van der Waals surface area contributed by atoms with Crippen LogP contribution >= 0.6 is 0 Å². The van der Waals surface area contributed by atoms with Crippen LogP contribution in [0.5, 0.6) is 0 Å². The Hall–Kier alpha value is -2.35. The summed E-state index contributed by atoms with van der Waals surface area (Å²) in [7, 11) is 0. The average Bonchev–Trinajstić information content (AvgIpc) is 3.36. The number of nitrogens with one attached hydrogen (secondary N) is 2. The van der Waals surface area contributed by atoms with Crippen molar-refractivity contribution in [2.24, 2.45) is 11.6 Å². The molecule has 1 aromatic heterocycles. The van der Waals surface area contributed by atoms with Gasteiger partial charge in [0.2, 0.25) is 0 Å². The lowest BCUT2D eigenvalue weighted by Crippen LogP contribution is -2.34. The number of benzene rings is 1. The lowest BCUT2D eigenvalue weighted by Gasteiger charge is -2.29. The van der Waals surface area contributed by atoms with E-state index in [2.05, 4.69) is 15.3 Å².